The molecule has 0 aromatic carbocycles. The van der Waals surface area contributed by atoms with Crippen molar-refractivity contribution in [1.82, 2.24) is 9.78 Å². The maximum Gasteiger partial charge on any atom is 0.166 e. The number of aromatic nitrogens is 2. The molecule has 0 amide bonds. The van der Waals surface area contributed by atoms with Gasteiger partial charge in [0.25, 0.3) is 0 Å². The fourth-order valence-electron chi connectivity index (χ4n) is 3.28. The molecule has 0 N–H and O–H groups in total. The van der Waals surface area contributed by atoms with Crippen LogP contribution in [-0.4, -0.2) is 15.6 Å². The van der Waals surface area contributed by atoms with E-state index in [1.807, 2.05) is 25.5 Å². The Kier molecular flexibility index (Phi) is 4.78. The predicted octanol–water partition coefficient (Wildman–Crippen LogP) is 4.06. The number of aryl methyl sites for hydroxylation is 2. The largest absolute Gasteiger partial charge is 0.294 e. The highest BCUT2D eigenvalue weighted by Gasteiger charge is 2.18. The first-order valence-electron chi connectivity index (χ1n) is 7.70. The molecule has 1 heterocycles. The first-order valence-corrected chi connectivity index (χ1v) is 7.70. The van der Waals surface area contributed by atoms with Gasteiger partial charge in [-0.1, -0.05) is 39.0 Å². The van der Waals surface area contributed by atoms with E-state index >= 15 is 0 Å². The maximum atomic E-state index is 11.9. The zero-order valence-electron chi connectivity index (χ0n) is 12.5. The standard InChI is InChI=1S/C16H26N2O/c1-4-15(19)16-12(2)17-18(13(16)3)11-10-14-8-6-5-7-9-14/h14H,4-11H2,1-3H3. The molecular weight excluding hydrogens is 236 g/mol. The van der Waals surface area contributed by atoms with Gasteiger partial charge in [0.1, 0.15) is 0 Å². The normalized spacial score (nSPS) is 16.8. The number of hydrogen-bond acceptors (Lipinski definition) is 2. The number of nitrogens with zero attached hydrogens (tertiary/aromatic N) is 2. The van der Waals surface area contributed by atoms with Crippen LogP contribution >= 0.6 is 0 Å². The van der Waals surface area contributed by atoms with Crippen molar-refractivity contribution in [1.29, 1.82) is 0 Å². The highest BCUT2D eigenvalue weighted by molar-refractivity contribution is 5.97. The molecule has 1 aromatic heterocycles. The molecule has 0 unspecified atom stereocenters. The fourth-order valence-corrected chi connectivity index (χ4v) is 3.28. The highest BCUT2D eigenvalue weighted by atomic mass is 16.1. The van der Waals surface area contributed by atoms with Gasteiger partial charge >= 0.3 is 0 Å². The molecule has 0 aliphatic heterocycles. The Balaban J connectivity index is 2.02. The summed E-state index contributed by atoms with van der Waals surface area (Å²) in [5.74, 6) is 1.09. The van der Waals surface area contributed by atoms with Crippen LogP contribution in [0.3, 0.4) is 0 Å². The summed E-state index contributed by atoms with van der Waals surface area (Å²) in [5, 5.41) is 4.56. The van der Waals surface area contributed by atoms with Gasteiger partial charge in [-0.25, -0.2) is 0 Å². The van der Waals surface area contributed by atoms with E-state index < -0.39 is 0 Å². The van der Waals surface area contributed by atoms with Crippen LogP contribution in [0.5, 0.6) is 0 Å². The number of Topliss-reactive ketones (excluding diaryl/α,β-unsaturated/α-hetero) is 1. The number of rotatable bonds is 5. The molecule has 0 saturated heterocycles. The Labute approximate surface area is 116 Å². The lowest BCUT2D eigenvalue weighted by Crippen LogP contribution is -2.12. The fraction of sp³-hybridized carbons (Fsp3) is 0.750. The monoisotopic (exact) mass is 262 g/mol. The van der Waals surface area contributed by atoms with E-state index in [-0.39, 0.29) is 5.78 Å². The van der Waals surface area contributed by atoms with Crippen molar-refractivity contribution >= 4 is 5.78 Å². The molecule has 0 atom stereocenters. The van der Waals surface area contributed by atoms with Crippen LogP contribution < -0.4 is 0 Å². The van der Waals surface area contributed by atoms with E-state index in [0.29, 0.717) is 6.42 Å². The molecular formula is C16H26N2O. The first-order chi connectivity index (χ1) is 9.13. The second-order valence-electron chi connectivity index (χ2n) is 5.84. The lowest BCUT2D eigenvalue weighted by atomic mass is 9.87. The Morgan fingerprint density at radius 2 is 1.95 bits per heavy atom. The summed E-state index contributed by atoms with van der Waals surface area (Å²) in [6.45, 7) is 6.87. The number of ketones is 1. The third kappa shape index (κ3) is 3.26. The number of carbonyl (C=O) groups is 1. The summed E-state index contributed by atoms with van der Waals surface area (Å²) >= 11 is 0. The Bertz CT molecular complexity index is 442. The first kappa shape index (κ1) is 14.3. The summed E-state index contributed by atoms with van der Waals surface area (Å²) in [7, 11) is 0. The molecule has 0 bridgehead atoms. The molecule has 1 saturated carbocycles. The van der Waals surface area contributed by atoms with Crippen LogP contribution in [0.2, 0.25) is 0 Å². The SMILES string of the molecule is CCC(=O)c1c(C)nn(CCC2CCCCC2)c1C. The van der Waals surface area contributed by atoms with E-state index in [2.05, 4.69) is 5.10 Å². The van der Waals surface area contributed by atoms with Gasteiger partial charge in [-0.15, -0.1) is 0 Å². The third-order valence-electron chi connectivity index (χ3n) is 4.46. The lowest BCUT2D eigenvalue weighted by molar-refractivity contribution is 0.0987. The van der Waals surface area contributed by atoms with Crippen LogP contribution in [-0.2, 0) is 6.54 Å². The zero-order valence-corrected chi connectivity index (χ0v) is 12.5. The van der Waals surface area contributed by atoms with E-state index in [1.165, 1.54) is 38.5 Å². The molecule has 1 aliphatic rings. The minimum atomic E-state index is 0.221. The molecule has 106 valence electrons. The van der Waals surface area contributed by atoms with Crippen molar-refractivity contribution in [3.8, 4) is 0 Å². The van der Waals surface area contributed by atoms with Gasteiger partial charge in [-0.2, -0.15) is 5.10 Å². The van der Waals surface area contributed by atoms with Crippen molar-refractivity contribution < 1.29 is 4.79 Å². The van der Waals surface area contributed by atoms with Crippen molar-refractivity contribution in [3.63, 3.8) is 0 Å². The number of carbonyl (C=O) groups excluding carboxylic acids is 1. The van der Waals surface area contributed by atoms with Crippen molar-refractivity contribution in [2.24, 2.45) is 5.92 Å². The molecule has 2 rings (SSSR count). The average Bonchev–Trinajstić information content (AvgIpc) is 2.71. The topological polar surface area (TPSA) is 34.9 Å². The molecule has 3 nitrogen and oxygen atoms in total. The molecule has 19 heavy (non-hydrogen) atoms. The Morgan fingerprint density at radius 3 is 2.58 bits per heavy atom. The molecule has 1 aliphatic carbocycles. The van der Waals surface area contributed by atoms with Crippen LogP contribution in [0.4, 0.5) is 0 Å². The third-order valence-corrected chi connectivity index (χ3v) is 4.46. The second-order valence-corrected chi connectivity index (χ2v) is 5.84. The summed E-state index contributed by atoms with van der Waals surface area (Å²) < 4.78 is 2.05. The van der Waals surface area contributed by atoms with Gasteiger partial charge in [0.05, 0.1) is 11.3 Å². The van der Waals surface area contributed by atoms with Gasteiger partial charge < -0.3 is 0 Å². The van der Waals surface area contributed by atoms with Crippen LogP contribution in [0, 0.1) is 19.8 Å². The van der Waals surface area contributed by atoms with Crippen molar-refractivity contribution in [3.05, 3.63) is 17.0 Å². The van der Waals surface area contributed by atoms with Crippen LogP contribution in [0.25, 0.3) is 0 Å². The average molecular weight is 262 g/mol. The minimum absolute atomic E-state index is 0.221. The molecule has 3 heteroatoms. The highest BCUT2D eigenvalue weighted by Crippen LogP contribution is 2.27. The smallest absolute Gasteiger partial charge is 0.166 e. The van der Waals surface area contributed by atoms with Crippen molar-refractivity contribution in [2.75, 3.05) is 0 Å². The molecule has 1 aromatic rings. The molecule has 0 radical (unpaired) electrons. The van der Waals surface area contributed by atoms with Crippen LogP contribution in [0.15, 0.2) is 0 Å². The van der Waals surface area contributed by atoms with Gasteiger partial charge in [0, 0.05) is 18.7 Å². The van der Waals surface area contributed by atoms with Crippen LogP contribution in [0.1, 0.15) is 73.6 Å². The minimum Gasteiger partial charge on any atom is -0.294 e. The lowest BCUT2D eigenvalue weighted by Gasteiger charge is -2.21. The quantitative estimate of drug-likeness (QED) is 0.750. The Hall–Kier alpha value is -1.12. The van der Waals surface area contributed by atoms with Gasteiger partial charge in [0.15, 0.2) is 5.78 Å². The summed E-state index contributed by atoms with van der Waals surface area (Å²) in [5.41, 5.74) is 2.80. The second kappa shape index (κ2) is 6.36. The zero-order chi connectivity index (χ0) is 13.8. The molecule has 1 fully saturated rings. The van der Waals surface area contributed by atoms with Gasteiger partial charge in [-0.05, 0) is 26.2 Å². The van der Waals surface area contributed by atoms with Crippen molar-refractivity contribution in [2.45, 2.75) is 72.3 Å². The van der Waals surface area contributed by atoms with E-state index in [9.17, 15) is 4.79 Å². The Morgan fingerprint density at radius 1 is 1.26 bits per heavy atom. The predicted molar refractivity (Wildman–Crippen MR) is 77.5 cm³/mol. The van der Waals surface area contributed by atoms with E-state index in [1.54, 1.807) is 0 Å². The summed E-state index contributed by atoms with van der Waals surface area (Å²) in [6, 6.07) is 0. The molecule has 0 spiro atoms. The number of hydrogen-bond donors (Lipinski definition) is 0. The summed E-state index contributed by atoms with van der Waals surface area (Å²) in [6.07, 6.45) is 8.71. The summed E-state index contributed by atoms with van der Waals surface area (Å²) in [4.78, 5) is 11.9. The maximum absolute atomic E-state index is 11.9. The van der Waals surface area contributed by atoms with Gasteiger partial charge in [0.2, 0.25) is 0 Å². The van der Waals surface area contributed by atoms with Gasteiger partial charge in [-0.3, -0.25) is 9.48 Å². The van der Waals surface area contributed by atoms with E-state index in [0.717, 1.165) is 29.4 Å². The van der Waals surface area contributed by atoms with E-state index in [4.69, 9.17) is 0 Å².